The van der Waals surface area contributed by atoms with Crippen molar-refractivity contribution in [3.05, 3.63) is 168 Å². The van der Waals surface area contributed by atoms with E-state index in [-0.39, 0.29) is 25.6 Å². The summed E-state index contributed by atoms with van der Waals surface area (Å²) in [6, 6.07) is 44.4. The molecule has 0 unspecified atom stereocenters. The summed E-state index contributed by atoms with van der Waals surface area (Å²) in [6.45, 7) is 0.990. The number of phenols is 1. The molecule has 0 spiro atoms. The van der Waals surface area contributed by atoms with Crippen LogP contribution in [-0.2, 0) is 43.5 Å². The third-order valence-electron chi connectivity index (χ3n) is 7.90. The fraction of sp³-hybridized carbons (Fsp3) is 0.225. The Morgan fingerprint density at radius 2 is 1.08 bits per heavy atom. The minimum atomic E-state index is -1.11. The van der Waals surface area contributed by atoms with Gasteiger partial charge in [-0.2, -0.15) is 0 Å². The average molecular weight is 647 g/mol. The summed E-state index contributed by atoms with van der Waals surface area (Å²) in [5, 5.41) is 9.89. The van der Waals surface area contributed by atoms with E-state index >= 15 is 0 Å². The zero-order chi connectivity index (χ0) is 33.0. The van der Waals surface area contributed by atoms with Crippen LogP contribution >= 0.6 is 0 Å². The second-order valence-corrected chi connectivity index (χ2v) is 11.4. The maximum atomic E-state index is 13.6. The molecule has 1 aliphatic rings. The highest BCUT2D eigenvalue weighted by molar-refractivity contribution is 5.89. The molecule has 0 radical (unpaired) electrons. The van der Waals surface area contributed by atoms with Crippen molar-refractivity contribution in [2.24, 2.45) is 0 Å². The Morgan fingerprint density at radius 1 is 0.583 bits per heavy atom. The van der Waals surface area contributed by atoms with Gasteiger partial charge in [-0.15, -0.1) is 0 Å². The lowest BCUT2D eigenvalue weighted by molar-refractivity contribution is -0.298. The zero-order valence-corrected chi connectivity index (χ0v) is 26.4. The molecule has 1 saturated heterocycles. The molecule has 0 aliphatic carbocycles. The fourth-order valence-corrected chi connectivity index (χ4v) is 5.45. The summed E-state index contributed by atoms with van der Waals surface area (Å²) in [5.41, 5.74) is 3.28. The zero-order valence-electron chi connectivity index (χ0n) is 26.4. The van der Waals surface area contributed by atoms with E-state index in [9.17, 15) is 9.90 Å². The molecule has 0 saturated carbocycles. The molecule has 1 fully saturated rings. The number of phenolic OH excluding ortho intramolecular Hbond substituents is 1. The van der Waals surface area contributed by atoms with E-state index in [1.165, 1.54) is 12.1 Å². The second-order valence-electron chi connectivity index (χ2n) is 11.4. The van der Waals surface area contributed by atoms with Gasteiger partial charge < -0.3 is 33.5 Å². The quantitative estimate of drug-likeness (QED) is 0.128. The molecule has 0 bridgehead atoms. The minimum Gasteiger partial charge on any atom is -0.508 e. The fourth-order valence-electron chi connectivity index (χ4n) is 5.45. The van der Waals surface area contributed by atoms with E-state index in [4.69, 9.17) is 28.4 Å². The van der Waals surface area contributed by atoms with Crippen LogP contribution in [0.5, 0.6) is 11.5 Å². The van der Waals surface area contributed by atoms with Crippen LogP contribution in [-0.4, -0.2) is 48.4 Å². The summed E-state index contributed by atoms with van der Waals surface area (Å²) in [5.74, 6) is -0.0602. The Labute approximate surface area is 280 Å². The number of aromatic hydroxyl groups is 1. The summed E-state index contributed by atoms with van der Waals surface area (Å²) in [6.07, 6.45) is -4.39. The van der Waals surface area contributed by atoms with Gasteiger partial charge in [0.2, 0.25) is 6.29 Å². The lowest BCUT2D eigenvalue weighted by Gasteiger charge is -2.45. The molecule has 8 nitrogen and oxygen atoms in total. The summed E-state index contributed by atoms with van der Waals surface area (Å²) in [7, 11) is 0. The summed E-state index contributed by atoms with van der Waals surface area (Å²) >= 11 is 0. The largest absolute Gasteiger partial charge is 0.508 e. The minimum absolute atomic E-state index is 0.0876. The molecule has 1 N–H and O–H groups in total. The molecule has 48 heavy (non-hydrogen) atoms. The Balaban J connectivity index is 1.34. The third-order valence-corrected chi connectivity index (χ3v) is 7.90. The van der Waals surface area contributed by atoms with Gasteiger partial charge in [0.15, 0.2) is 6.10 Å². The van der Waals surface area contributed by atoms with Crippen molar-refractivity contribution in [1.82, 2.24) is 0 Å². The molecule has 1 aliphatic heterocycles. The number of benzene rings is 5. The molecule has 246 valence electrons. The number of hydrogen-bond acceptors (Lipinski definition) is 8. The first kappa shape index (κ1) is 32.9. The Hall–Kier alpha value is -4.99. The van der Waals surface area contributed by atoms with Crippen molar-refractivity contribution < 1.29 is 38.3 Å². The number of rotatable bonds is 14. The van der Waals surface area contributed by atoms with E-state index < -0.39 is 36.7 Å². The number of carbonyl (C=O) groups is 1. The first-order valence-corrected chi connectivity index (χ1v) is 15.9. The molecule has 5 atom stereocenters. The first-order chi connectivity index (χ1) is 23.6. The van der Waals surface area contributed by atoms with Gasteiger partial charge in [-0.25, -0.2) is 4.79 Å². The van der Waals surface area contributed by atoms with E-state index in [2.05, 4.69) is 0 Å². The normalized spacial score (nSPS) is 20.5. The molecule has 6 rings (SSSR count). The van der Waals surface area contributed by atoms with Gasteiger partial charge in [0.1, 0.15) is 29.8 Å². The summed E-state index contributed by atoms with van der Waals surface area (Å²) < 4.78 is 38.6. The van der Waals surface area contributed by atoms with Crippen LogP contribution in [0.3, 0.4) is 0 Å². The number of hydrogen-bond donors (Lipinski definition) is 1. The van der Waals surface area contributed by atoms with Crippen molar-refractivity contribution in [3.8, 4) is 11.5 Å². The van der Waals surface area contributed by atoms with Crippen LogP contribution in [0.2, 0.25) is 0 Å². The van der Waals surface area contributed by atoms with Crippen LogP contribution in [0.1, 0.15) is 27.0 Å². The Kier molecular flexibility index (Phi) is 11.5. The standard InChI is InChI=1S/C40H38O8/c41-33-21-23-34(24-22-33)46-40-38(48-39(42)32-19-11-4-12-20-32)37(45-27-31-17-9-3-10-18-31)36(44-26-30-15-7-2-8-16-30)35(47-40)28-43-25-29-13-5-1-6-14-29/h1-24,35-38,40-41H,25-28H2/t35-,36-,37+,38+,40+/m1/s1. The Bertz CT molecular complexity index is 1670. The molecule has 0 aromatic heterocycles. The van der Waals surface area contributed by atoms with Crippen LogP contribution in [0.15, 0.2) is 146 Å². The maximum Gasteiger partial charge on any atom is 0.338 e. The predicted molar refractivity (Wildman–Crippen MR) is 179 cm³/mol. The summed E-state index contributed by atoms with van der Waals surface area (Å²) in [4.78, 5) is 13.6. The van der Waals surface area contributed by atoms with Gasteiger partial charge in [-0.05, 0) is 53.1 Å². The van der Waals surface area contributed by atoms with Crippen LogP contribution < -0.4 is 4.74 Å². The van der Waals surface area contributed by atoms with Crippen molar-refractivity contribution >= 4 is 5.97 Å². The molecular weight excluding hydrogens is 608 g/mol. The van der Waals surface area contributed by atoms with E-state index in [1.54, 1.807) is 36.4 Å². The predicted octanol–water partition coefficient (Wildman–Crippen LogP) is 7.11. The molecule has 5 aromatic rings. The van der Waals surface area contributed by atoms with Crippen LogP contribution in [0.4, 0.5) is 0 Å². The monoisotopic (exact) mass is 646 g/mol. The van der Waals surface area contributed by atoms with Gasteiger partial charge in [0, 0.05) is 0 Å². The lowest BCUT2D eigenvalue weighted by atomic mass is 9.97. The van der Waals surface area contributed by atoms with Gasteiger partial charge in [-0.3, -0.25) is 0 Å². The van der Waals surface area contributed by atoms with Crippen molar-refractivity contribution in [3.63, 3.8) is 0 Å². The topological polar surface area (TPSA) is 92.7 Å². The number of esters is 1. The van der Waals surface area contributed by atoms with E-state index in [0.717, 1.165) is 16.7 Å². The number of ether oxygens (including phenoxy) is 6. The van der Waals surface area contributed by atoms with E-state index in [0.29, 0.717) is 17.9 Å². The molecule has 1 heterocycles. The number of carbonyl (C=O) groups excluding carboxylic acids is 1. The second kappa shape index (κ2) is 16.7. The maximum absolute atomic E-state index is 13.6. The third kappa shape index (κ3) is 9.08. The smallest absolute Gasteiger partial charge is 0.338 e. The lowest BCUT2D eigenvalue weighted by Crippen LogP contribution is -2.63. The molecule has 8 heteroatoms. The van der Waals surface area contributed by atoms with Crippen LogP contribution in [0.25, 0.3) is 0 Å². The Morgan fingerprint density at radius 3 is 1.65 bits per heavy atom. The van der Waals surface area contributed by atoms with Crippen molar-refractivity contribution in [1.29, 1.82) is 0 Å². The van der Waals surface area contributed by atoms with Gasteiger partial charge >= 0.3 is 5.97 Å². The highest BCUT2D eigenvalue weighted by Crippen LogP contribution is 2.33. The van der Waals surface area contributed by atoms with Gasteiger partial charge in [-0.1, -0.05) is 109 Å². The molecule has 5 aromatic carbocycles. The van der Waals surface area contributed by atoms with Gasteiger partial charge in [0.25, 0.3) is 0 Å². The van der Waals surface area contributed by atoms with Crippen molar-refractivity contribution in [2.75, 3.05) is 6.61 Å². The van der Waals surface area contributed by atoms with E-state index in [1.807, 2.05) is 97.1 Å². The highest BCUT2D eigenvalue weighted by Gasteiger charge is 2.51. The molecule has 0 amide bonds. The van der Waals surface area contributed by atoms with Gasteiger partial charge in [0.05, 0.1) is 32.0 Å². The first-order valence-electron chi connectivity index (χ1n) is 15.9. The average Bonchev–Trinajstić information content (AvgIpc) is 3.14. The molecular formula is C40H38O8. The highest BCUT2D eigenvalue weighted by atomic mass is 16.7. The van der Waals surface area contributed by atoms with Crippen molar-refractivity contribution in [2.45, 2.75) is 50.5 Å². The van der Waals surface area contributed by atoms with Crippen LogP contribution in [0, 0.1) is 0 Å². The SMILES string of the molecule is O=C(O[C@@H]1[C@@H](Oc2ccc(O)cc2)O[C@H](COCc2ccccc2)[C@@H](OCc2ccccc2)[C@@H]1OCc1ccccc1)c1ccccc1.